The van der Waals surface area contributed by atoms with Gasteiger partial charge in [-0.05, 0) is 44.2 Å². The number of hydrogen-bond acceptors (Lipinski definition) is 3. The van der Waals surface area contributed by atoms with Gasteiger partial charge in [-0.2, -0.15) is 0 Å². The van der Waals surface area contributed by atoms with Crippen molar-refractivity contribution in [2.45, 2.75) is 40.0 Å². The Labute approximate surface area is 137 Å². The van der Waals surface area contributed by atoms with E-state index in [9.17, 15) is 9.59 Å². The van der Waals surface area contributed by atoms with Gasteiger partial charge in [0.1, 0.15) is 11.2 Å². The summed E-state index contributed by atoms with van der Waals surface area (Å²) in [7, 11) is 0. The lowest BCUT2D eigenvalue weighted by Crippen LogP contribution is -2.40. The van der Waals surface area contributed by atoms with Crippen molar-refractivity contribution in [1.29, 1.82) is 0 Å². The second-order valence-corrected chi connectivity index (χ2v) is 6.40. The Balaban J connectivity index is 1.98. The van der Waals surface area contributed by atoms with Gasteiger partial charge < -0.3 is 15.4 Å². The molecular weight excluding hydrogens is 292 g/mol. The standard InChI is InChI=1S/C18H26N2O3/c1-4-23-15-8-6-5-7-14(15)20-17(22)18(10-11-18)16(21)19-12-9-13(2)3/h5-8,13H,4,9-12H2,1-3H3,(H,19,21)(H,20,22). The predicted octanol–water partition coefficient (Wildman–Crippen LogP) is 2.97. The SMILES string of the molecule is CCOc1ccccc1NC(=O)C1(C(=O)NCCC(C)C)CC1. The normalized spacial score (nSPS) is 15.1. The lowest BCUT2D eigenvalue weighted by atomic mass is 10.0. The quantitative estimate of drug-likeness (QED) is 0.724. The van der Waals surface area contributed by atoms with Crippen molar-refractivity contribution in [3.05, 3.63) is 24.3 Å². The number of benzene rings is 1. The van der Waals surface area contributed by atoms with Crippen molar-refractivity contribution >= 4 is 17.5 Å². The molecule has 1 saturated carbocycles. The third-order valence-electron chi connectivity index (χ3n) is 4.06. The maximum absolute atomic E-state index is 12.6. The molecule has 2 rings (SSSR count). The molecule has 0 atom stereocenters. The predicted molar refractivity (Wildman–Crippen MR) is 90.4 cm³/mol. The summed E-state index contributed by atoms with van der Waals surface area (Å²) in [5.74, 6) is 0.743. The first-order chi connectivity index (χ1) is 11.0. The van der Waals surface area contributed by atoms with Crippen molar-refractivity contribution in [2.75, 3.05) is 18.5 Å². The van der Waals surface area contributed by atoms with Crippen molar-refractivity contribution in [2.24, 2.45) is 11.3 Å². The first-order valence-electron chi connectivity index (χ1n) is 8.31. The number of ether oxygens (including phenoxy) is 1. The smallest absolute Gasteiger partial charge is 0.240 e. The van der Waals surface area contributed by atoms with Gasteiger partial charge in [0.15, 0.2) is 0 Å². The van der Waals surface area contributed by atoms with Crippen LogP contribution in [0.4, 0.5) is 5.69 Å². The number of hydrogen-bond donors (Lipinski definition) is 2. The van der Waals surface area contributed by atoms with Crippen LogP contribution in [-0.4, -0.2) is 25.0 Å². The molecule has 0 radical (unpaired) electrons. The Hall–Kier alpha value is -2.04. The molecule has 5 nitrogen and oxygen atoms in total. The van der Waals surface area contributed by atoms with E-state index in [-0.39, 0.29) is 11.8 Å². The molecule has 23 heavy (non-hydrogen) atoms. The molecule has 0 bridgehead atoms. The Morgan fingerprint density at radius 3 is 2.52 bits per heavy atom. The molecule has 0 aliphatic heterocycles. The minimum atomic E-state index is -0.906. The maximum atomic E-state index is 12.6. The van der Waals surface area contributed by atoms with E-state index in [0.717, 1.165) is 6.42 Å². The average Bonchev–Trinajstić information content (AvgIpc) is 3.31. The topological polar surface area (TPSA) is 67.4 Å². The van der Waals surface area contributed by atoms with E-state index in [1.807, 2.05) is 19.1 Å². The lowest BCUT2D eigenvalue weighted by molar-refractivity contribution is -0.134. The molecule has 126 valence electrons. The van der Waals surface area contributed by atoms with Gasteiger partial charge in [0.2, 0.25) is 11.8 Å². The summed E-state index contributed by atoms with van der Waals surface area (Å²) in [6.07, 6.45) is 2.11. The largest absolute Gasteiger partial charge is 0.492 e. The van der Waals surface area contributed by atoms with Crippen molar-refractivity contribution in [3.63, 3.8) is 0 Å². The first-order valence-corrected chi connectivity index (χ1v) is 8.31. The van der Waals surface area contributed by atoms with Crippen LogP contribution in [0.25, 0.3) is 0 Å². The maximum Gasteiger partial charge on any atom is 0.240 e. The Morgan fingerprint density at radius 1 is 1.22 bits per heavy atom. The summed E-state index contributed by atoms with van der Waals surface area (Å²) in [4.78, 5) is 24.9. The average molecular weight is 318 g/mol. The van der Waals surface area contributed by atoms with Gasteiger partial charge in [0, 0.05) is 6.54 Å². The highest BCUT2D eigenvalue weighted by Gasteiger charge is 2.56. The van der Waals surface area contributed by atoms with Gasteiger partial charge in [-0.25, -0.2) is 0 Å². The zero-order valence-corrected chi connectivity index (χ0v) is 14.1. The molecule has 2 N–H and O–H groups in total. The van der Waals surface area contributed by atoms with Gasteiger partial charge in [-0.3, -0.25) is 9.59 Å². The molecule has 0 aromatic heterocycles. The van der Waals surface area contributed by atoms with E-state index in [1.54, 1.807) is 12.1 Å². The van der Waals surface area contributed by atoms with Crippen LogP contribution in [0.5, 0.6) is 5.75 Å². The summed E-state index contributed by atoms with van der Waals surface area (Å²) in [6, 6.07) is 7.28. The van der Waals surface area contributed by atoms with Crippen molar-refractivity contribution < 1.29 is 14.3 Å². The number of rotatable bonds is 8. The molecule has 1 fully saturated rings. The van der Waals surface area contributed by atoms with Crippen LogP contribution in [0.1, 0.15) is 40.0 Å². The number of para-hydroxylation sites is 2. The first kappa shape index (κ1) is 17.3. The summed E-state index contributed by atoms with van der Waals surface area (Å²) in [5.41, 5.74) is -0.295. The van der Waals surface area contributed by atoms with Gasteiger partial charge in [-0.15, -0.1) is 0 Å². The van der Waals surface area contributed by atoms with Crippen LogP contribution in [0, 0.1) is 11.3 Å². The van der Waals surface area contributed by atoms with Crippen LogP contribution in [0.15, 0.2) is 24.3 Å². The zero-order valence-electron chi connectivity index (χ0n) is 14.1. The monoisotopic (exact) mass is 318 g/mol. The molecule has 1 aromatic carbocycles. The molecule has 1 aliphatic carbocycles. The van der Waals surface area contributed by atoms with E-state index < -0.39 is 5.41 Å². The fraction of sp³-hybridized carbons (Fsp3) is 0.556. The van der Waals surface area contributed by atoms with E-state index in [1.165, 1.54) is 0 Å². The highest BCUT2D eigenvalue weighted by Crippen LogP contribution is 2.47. The number of carbonyl (C=O) groups excluding carboxylic acids is 2. The number of amides is 2. The van der Waals surface area contributed by atoms with Gasteiger partial charge in [-0.1, -0.05) is 26.0 Å². The van der Waals surface area contributed by atoms with Gasteiger partial charge in [0.25, 0.3) is 0 Å². The summed E-state index contributed by atoms with van der Waals surface area (Å²) >= 11 is 0. The number of anilines is 1. The Bertz CT molecular complexity index is 565. The van der Waals surface area contributed by atoms with Crippen LogP contribution < -0.4 is 15.4 Å². The molecule has 5 heteroatoms. The zero-order chi connectivity index (χ0) is 16.9. The van der Waals surface area contributed by atoms with E-state index in [4.69, 9.17) is 4.74 Å². The minimum absolute atomic E-state index is 0.162. The van der Waals surface area contributed by atoms with E-state index >= 15 is 0 Å². The van der Waals surface area contributed by atoms with Gasteiger partial charge >= 0.3 is 0 Å². The fourth-order valence-corrected chi connectivity index (χ4v) is 2.42. The summed E-state index contributed by atoms with van der Waals surface area (Å²) in [6.45, 7) is 7.24. The van der Waals surface area contributed by atoms with Crippen molar-refractivity contribution in [1.82, 2.24) is 5.32 Å². The molecule has 0 spiro atoms. The van der Waals surface area contributed by atoms with E-state index in [0.29, 0.717) is 43.3 Å². The molecule has 0 unspecified atom stereocenters. The van der Waals surface area contributed by atoms with Gasteiger partial charge in [0.05, 0.1) is 12.3 Å². The summed E-state index contributed by atoms with van der Waals surface area (Å²) in [5, 5.41) is 5.75. The third kappa shape index (κ3) is 4.24. The second kappa shape index (κ2) is 7.49. The molecule has 2 amide bonds. The Morgan fingerprint density at radius 2 is 1.91 bits per heavy atom. The molecule has 1 aliphatic rings. The van der Waals surface area contributed by atoms with Crippen LogP contribution >= 0.6 is 0 Å². The van der Waals surface area contributed by atoms with Crippen LogP contribution in [-0.2, 0) is 9.59 Å². The minimum Gasteiger partial charge on any atom is -0.492 e. The highest BCUT2D eigenvalue weighted by atomic mass is 16.5. The van der Waals surface area contributed by atoms with E-state index in [2.05, 4.69) is 24.5 Å². The third-order valence-corrected chi connectivity index (χ3v) is 4.06. The van der Waals surface area contributed by atoms with Crippen molar-refractivity contribution in [3.8, 4) is 5.75 Å². The second-order valence-electron chi connectivity index (χ2n) is 6.40. The number of nitrogens with one attached hydrogen (secondary N) is 2. The molecule has 0 heterocycles. The highest BCUT2D eigenvalue weighted by molar-refractivity contribution is 6.13. The molecular formula is C18H26N2O3. The molecule has 0 saturated heterocycles. The lowest BCUT2D eigenvalue weighted by Gasteiger charge is -2.17. The Kier molecular flexibility index (Phi) is 5.64. The molecule has 1 aromatic rings. The van der Waals surface area contributed by atoms with Crippen LogP contribution in [0.3, 0.4) is 0 Å². The number of carbonyl (C=O) groups is 2. The van der Waals surface area contributed by atoms with Crippen LogP contribution in [0.2, 0.25) is 0 Å². The fourth-order valence-electron chi connectivity index (χ4n) is 2.42. The summed E-state index contributed by atoms with van der Waals surface area (Å²) < 4.78 is 5.51.